The maximum atomic E-state index is 5.71. The molecule has 15 heavy (non-hydrogen) atoms. The number of pyridine rings is 1. The van der Waals surface area contributed by atoms with Gasteiger partial charge in [0.1, 0.15) is 5.65 Å². The molecule has 0 bridgehead atoms. The van der Waals surface area contributed by atoms with Crippen molar-refractivity contribution in [3.05, 3.63) is 35.3 Å². The minimum atomic E-state index is 0.445. The number of aromatic nitrogens is 2. The van der Waals surface area contributed by atoms with Crippen LogP contribution in [0.25, 0.3) is 5.65 Å². The molecule has 0 aliphatic carbocycles. The van der Waals surface area contributed by atoms with Crippen molar-refractivity contribution >= 4 is 5.65 Å². The van der Waals surface area contributed by atoms with Crippen molar-refractivity contribution in [1.29, 1.82) is 0 Å². The van der Waals surface area contributed by atoms with Gasteiger partial charge in [-0.1, -0.05) is 19.9 Å². The van der Waals surface area contributed by atoms with Crippen molar-refractivity contribution < 1.29 is 0 Å². The third-order valence-corrected chi connectivity index (χ3v) is 2.62. The van der Waals surface area contributed by atoms with Crippen LogP contribution in [0.3, 0.4) is 0 Å². The molecule has 0 fully saturated rings. The van der Waals surface area contributed by atoms with E-state index in [9.17, 15) is 0 Å². The average molecular weight is 203 g/mol. The van der Waals surface area contributed by atoms with E-state index in [0.29, 0.717) is 12.5 Å². The van der Waals surface area contributed by atoms with Gasteiger partial charge >= 0.3 is 0 Å². The number of rotatable bonds is 2. The summed E-state index contributed by atoms with van der Waals surface area (Å²) in [5, 5.41) is 0. The monoisotopic (exact) mass is 203 g/mol. The highest BCUT2D eigenvalue weighted by Crippen LogP contribution is 2.21. The Morgan fingerprint density at radius 2 is 2.13 bits per heavy atom. The van der Waals surface area contributed by atoms with Gasteiger partial charge in [-0.25, -0.2) is 4.98 Å². The molecule has 80 valence electrons. The number of hydrogen-bond donors (Lipinski definition) is 1. The van der Waals surface area contributed by atoms with E-state index in [1.807, 2.05) is 6.07 Å². The van der Waals surface area contributed by atoms with Crippen LogP contribution in [0.5, 0.6) is 0 Å². The minimum Gasteiger partial charge on any atom is -0.325 e. The van der Waals surface area contributed by atoms with E-state index in [1.165, 1.54) is 11.3 Å². The number of hydrogen-bond acceptors (Lipinski definition) is 2. The molecule has 2 aromatic heterocycles. The molecule has 0 aromatic carbocycles. The summed E-state index contributed by atoms with van der Waals surface area (Å²) in [5.41, 5.74) is 10.2. The second-order valence-electron chi connectivity index (χ2n) is 4.24. The van der Waals surface area contributed by atoms with Gasteiger partial charge < -0.3 is 10.1 Å². The minimum absolute atomic E-state index is 0.445. The molecule has 2 rings (SSSR count). The van der Waals surface area contributed by atoms with Crippen molar-refractivity contribution in [3.8, 4) is 0 Å². The summed E-state index contributed by atoms with van der Waals surface area (Å²) in [4.78, 5) is 4.53. The lowest BCUT2D eigenvalue weighted by Gasteiger charge is -2.07. The fraction of sp³-hybridized carbons (Fsp3) is 0.417. The van der Waals surface area contributed by atoms with Gasteiger partial charge in [-0.15, -0.1) is 0 Å². The number of nitrogens with zero attached hydrogens (tertiary/aromatic N) is 2. The molecule has 0 saturated carbocycles. The van der Waals surface area contributed by atoms with E-state index >= 15 is 0 Å². The lowest BCUT2D eigenvalue weighted by Crippen LogP contribution is -2.04. The lowest BCUT2D eigenvalue weighted by atomic mass is 10.1. The van der Waals surface area contributed by atoms with Gasteiger partial charge in [0.15, 0.2) is 0 Å². The Morgan fingerprint density at radius 1 is 1.40 bits per heavy atom. The van der Waals surface area contributed by atoms with Crippen molar-refractivity contribution in [2.75, 3.05) is 0 Å². The van der Waals surface area contributed by atoms with Crippen LogP contribution in [-0.4, -0.2) is 9.38 Å². The van der Waals surface area contributed by atoms with E-state index < -0.39 is 0 Å². The van der Waals surface area contributed by atoms with Gasteiger partial charge in [-0.3, -0.25) is 0 Å². The highest BCUT2D eigenvalue weighted by Gasteiger charge is 2.13. The maximum absolute atomic E-state index is 5.71. The smallest absolute Gasteiger partial charge is 0.137 e. The summed E-state index contributed by atoms with van der Waals surface area (Å²) in [7, 11) is 0. The van der Waals surface area contributed by atoms with Gasteiger partial charge in [0, 0.05) is 18.4 Å². The first-order valence-corrected chi connectivity index (χ1v) is 5.31. The molecule has 0 amide bonds. The fourth-order valence-electron chi connectivity index (χ4n) is 1.98. The van der Waals surface area contributed by atoms with Crippen LogP contribution in [0.4, 0.5) is 0 Å². The molecule has 2 N–H and O–H groups in total. The molecule has 0 radical (unpaired) electrons. The molecule has 0 saturated heterocycles. The topological polar surface area (TPSA) is 43.3 Å². The molecule has 2 aromatic rings. The molecule has 0 atom stereocenters. The zero-order valence-corrected chi connectivity index (χ0v) is 9.49. The molecule has 2 heterocycles. The van der Waals surface area contributed by atoms with Crippen LogP contribution in [0.2, 0.25) is 0 Å². The quantitative estimate of drug-likeness (QED) is 0.813. The summed E-state index contributed by atoms with van der Waals surface area (Å²) in [5.74, 6) is 0.445. The summed E-state index contributed by atoms with van der Waals surface area (Å²) >= 11 is 0. The van der Waals surface area contributed by atoms with Crippen molar-refractivity contribution in [2.45, 2.75) is 33.2 Å². The van der Waals surface area contributed by atoms with Crippen molar-refractivity contribution in [3.63, 3.8) is 0 Å². The van der Waals surface area contributed by atoms with Gasteiger partial charge in [0.25, 0.3) is 0 Å². The number of aryl methyl sites for hydroxylation is 1. The van der Waals surface area contributed by atoms with E-state index in [2.05, 4.69) is 42.4 Å². The Morgan fingerprint density at radius 3 is 2.73 bits per heavy atom. The second kappa shape index (κ2) is 3.66. The predicted octanol–water partition coefficient (Wildman–Crippen LogP) is 2.22. The Kier molecular flexibility index (Phi) is 2.49. The first-order valence-electron chi connectivity index (χ1n) is 5.31. The zero-order valence-electron chi connectivity index (χ0n) is 9.49. The third kappa shape index (κ3) is 1.63. The normalized spacial score (nSPS) is 11.5. The molecular weight excluding hydrogens is 186 g/mol. The van der Waals surface area contributed by atoms with Gasteiger partial charge in [-0.05, 0) is 24.5 Å². The maximum Gasteiger partial charge on any atom is 0.137 e. The number of imidazole rings is 1. The molecule has 0 aliphatic heterocycles. The van der Waals surface area contributed by atoms with Crippen LogP contribution >= 0.6 is 0 Å². The van der Waals surface area contributed by atoms with Crippen LogP contribution in [-0.2, 0) is 6.54 Å². The molecule has 0 spiro atoms. The zero-order chi connectivity index (χ0) is 11.0. The Labute approximate surface area is 89.9 Å². The van der Waals surface area contributed by atoms with Gasteiger partial charge in [0.05, 0.1) is 5.69 Å². The van der Waals surface area contributed by atoms with Crippen LogP contribution < -0.4 is 5.73 Å². The van der Waals surface area contributed by atoms with Crippen molar-refractivity contribution in [2.24, 2.45) is 5.73 Å². The summed E-state index contributed by atoms with van der Waals surface area (Å²) < 4.78 is 2.15. The second-order valence-corrected chi connectivity index (χ2v) is 4.24. The first-order chi connectivity index (χ1) is 7.13. The summed E-state index contributed by atoms with van der Waals surface area (Å²) in [6.07, 6.45) is 2.12. The molecule has 3 heteroatoms. The SMILES string of the molecule is Cc1ccc2nc(CN)c(C(C)C)n2c1. The highest BCUT2D eigenvalue weighted by molar-refractivity contribution is 5.45. The molecule has 0 aliphatic rings. The lowest BCUT2D eigenvalue weighted by molar-refractivity contribution is 0.783. The number of fused-ring (bicyclic) bond motifs is 1. The van der Waals surface area contributed by atoms with Gasteiger partial charge in [0.2, 0.25) is 0 Å². The molecular formula is C12H17N3. The summed E-state index contributed by atoms with van der Waals surface area (Å²) in [6, 6.07) is 4.12. The van der Waals surface area contributed by atoms with Crippen LogP contribution in [0.1, 0.15) is 36.7 Å². The van der Waals surface area contributed by atoms with E-state index in [-0.39, 0.29) is 0 Å². The molecule has 3 nitrogen and oxygen atoms in total. The average Bonchev–Trinajstić information content (AvgIpc) is 2.55. The number of nitrogens with two attached hydrogens (primary N) is 1. The highest BCUT2D eigenvalue weighted by atomic mass is 15.0. The van der Waals surface area contributed by atoms with Crippen LogP contribution in [0, 0.1) is 6.92 Å². The standard InChI is InChI=1S/C12H17N3/c1-8(2)12-10(6-13)14-11-5-4-9(3)7-15(11)12/h4-5,7-8H,6,13H2,1-3H3. The van der Waals surface area contributed by atoms with Gasteiger partial charge in [-0.2, -0.15) is 0 Å². The largest absolute Gasteiger partial charge is 0.325 e. The predicted molar refractivity (Wildman–Crippen MR) is 61.9 cm³/mol. The summed E-state index contributed by atoms with van der Waals surface area (Å²) in [6.45, 7) is 6.94. The first kappa shape index (κ1) is 10.2. The van der Waals surface area contributed by atoms with Crippen molar-refractivity contribution in [1.82, 2.24) is 9.38 Å². The van der Waals surface area contributed by atoms with E-state index in [4.69, 9.17) is 5.73 Å². The van der Waals surface area contributed by atoms with E-state index in [0.717, 1.165) is 11.3 Å². The fourth-order valence-corrected chi connectivity index (χ4v) is 1.98. The Hall–Kier alpha value is -1.35. The molecule has 0 unspecified atom stereocenters. The van der Waals surface area contributed by atoms with Crippen LogP contribution in [0.15, 0.2) is 18.3 Å². The third-order valence-electron chi connectivity index (χ3n) is 2.62. The van der Waals surface area contributed by atoms with E-state index in [1.54, 1.807) is 0 Å². The Balaban J connectivity index is 2.76. The Bertz CT molecular complexity index is 483.